The van der Waals surface area contributed by atoms with Gasteiger partial charge in [-0.1, -0.05) is 30.3 Å². The van der Waals surface area contributed by atoms with Crippen molar-refractivity contribution >= 4 is 22.7 Å². The Labute approximate surface area is 180 Å². The van der Waals surface area contributed by atoms with Crippen molar-refractivity contribution in [1.82, 2.24) is 14.8 Å². The Balaban J connectivity index is 1.54. The van der Waals surface area contributed by atoms with Gasteiger partial charge in [-0.15, -0.1) is 0 Å². The van der Waals surface area contributed by atoms with Crippen molar-refractivity contribution in [3.63, 3.8) is 0 Å². The van der Waals surface area contributed by atoms with Gasteiger partial charge in [0.1, 0.15) is 5.75 Å². The second-order valence-electron chi connectivity index (χ2n) is 8.37. The number of ether oxygens (including phenoxy) is 1. The number of hydrogen-bond donors (Lipinski definition) is 2. The standard InChI is InChI=1S/C24H25N3O4/c1-24-22-17(18-12-16(31-2)8-9-19(18)25-22)10-11-27(24)21(29)14-26(23(24)30)13-20(28)15-6-4-3-5-7-15/h3-9,12,20,25,28H,10-11,13-14H2,1-2H3/t20-,24-/m1/s1. The molecule has 7 heteroatoms. The zero-order valence-corrected chi connectivity index (χ0v) is 17.6. The van der Waals surface area contributed by atoms with E-state index in [4.69, 9.17) is 4.74 Å². The van der Waals surface area contributed by atoms with Crippen LogP contribution in [0, 0.1) is 0 Å². The van der Waals surface area contributed by atoms with Crippen molar-refractivity contribution in [2.75, 3.05) is 26.7 Å². The highest BCUT2D eigenvalue weighted by molar-refractivity contribution is 6.00. The van der Waals surface area contributed by atoms with Crippen LogP contribution in [0.15, 0.2) is 48.5 Å². The van der Waals surface area contributed by atoms with Crippen LogP contribution in [0.5, 0.6) is 5.75 Å². The fraction of sp³-hybridized carbons (Fsp3) is 0.333. The Kier molecular flexibility index (Phi) is 4.51. The summed E-state index contributed by atoms with van der Waals surface area (Å²) < 4.78 is 5.37. The van der Waals surface area contributed by atoms with Crippen LogP contribution >= 0.6 is 0 Å². The Morgan fingerprint density at radius 3 is 2.71 bits per heavy atom. The van der Waals surface area contributed by atoms with E-state index in [1.54, 1.807) is 18.9 Å². The number of β-amino-alcohol motifs (C(OH)–C–C–N with tert-alkyl or cyclic N) is 1. The molecule has 2 aliphatic rings. The van der Waals surface area contributed by atoms with Gasteiger partial charge in [-0.25, -0.2) is 0 Å². The lowest BCUT2D eigenvalue weighted by molar-refractivity contribution is -0.167. The van der Waals surface area contributed by atoms with Crippen molar-refractivity contribution < 1.29 is 19.4 Å². The average Bonchev–Trinajstić information content (AvgIpc) is 3.17. The lowest BCUT2D eigenvalue weighted by Gasteiger charge is -2.49. The molecule has 3 aromatic rings. The van der Waals surface area contributed by atoms with E-state index in [-0.39, 0.29) is 24.9 Å². The minimum Gasteiger partial charge on any atom is -0.497 e. The van der Waals surface area contributed by atoms with Crippen LogP contribution in [-0.4, -0.2) is 58.4 Å². The second-order valence-corrected chi connectivity index (χ2v) is 8.37. The van der Waals surface area contributed by atoms with Crippen LogP contribution in [0.3, 0.4) is 0 Å². The van der Waals surface area contributed by atoms with Crippen molar-refractivity contribution in [1.29, 1.82) is 0 Å². The van der Waals surface area contributed by atoms with E-state index in [1.807, 2.05) is 48.5 Å². The normalized spacial score (nSPS) is 21.8. The number of H-pyrrole nitrogens is 1. The van der Waals surface area contributed by atoms with Gasteiger partial charge in [0.25, 0.3) is 5.91 Å². The molecule has 2 N–H and O–H groups in total. The number of carbonyl (C=O) groups excluding carboxylic acids is 2. The third-order valence-corrected chi connectivity index (χ3v) is 6.63. The van der Waals surface area contributed by atoms with E-state index in [0.717, 1.165) is 33.5 Å². The third-order valence-electron chi connectivity index (χ3n) is 6.63. The number of aliphatic hydroxyl groups is 1. The molecule has 160 valence electrons. The number of amides is 2. The number of methoxy groups -OCH3 is 1. The quantitative estimate of drug-likeness (QED) is 0.680. The van der Waals surface area contributed by atoms with Crippen LogP contribution in [0.25, 0.3) is 10.9 Å². The summed E-state index contributed by atoms with van der Waals surface area (Å²) >= 11 is 0. The van der Waals surface area contributed by atoms with Crippen LogP contribution < -0.4 is 4.74 Å². The molecule has 0 spiro atoms. The summed E-state index contributed by atoms with van der Waals surface area (Å²) in [4.78, 5) is 33.3. The number of nitrogens with zero attached hydrogens (tertiary/aromatic N) is 2. The van der Waals surface area contributed by atoms with Crippen LogP contribution in [0.2, 0.25) is 0 Å². The van der Waals surface area contributed by atoms with Gasteiger partial charge in [-0.2, -0.15) is 0 Å². The molecule has 0 bridgehead atoms. The zero-order valence-electron chi connectivity index (χ0n) is 17.6. The third kappa shape index (κ3) is 2.91. The maximum absolute atomic E-state index is 13.7. The summed E-state index contributed by atoms with van der Waals surface area (Å²) in [6, 6.07) is 15.0. The van der Waals surface area contributed by atoms with Crippen molar-refractivity contribution in [3.05, 3.63) is 65.4 Å². The van der Waals surface area contributed by atoms with Gasteiger partial charge < -0.3 is 24.6 Å². The predicted octanol–water partition coefficient (Wildman–Crippen LogP) is 2.35. The first kappa shape index (κ1) is 19.6. The first-order chi connectivity index (χ1) is 14.9. The maximum atomic E-state index is 13.7. The zero-order chi connectivity index (χ0) is 21.8. The summed E-state index contributed by atoms with van der Waals surface area (Å²) in [5.74, 6) is 0.464. The molecule has 2 aliphatic heterocycles. The molecule has 2 atom stereocenters. The number of carbonyl (C=O) groups is 2. The van der Waals surface area contributed by atoms with Gasteiger partial charge in [0.05, 0.1) is 32.0 Å². The molecule has 5 rings (SSSR count). The number of aromatic nitrogens is 1. The van der Waals surface area contributed by atoms with Gasteiger partial charge in [0, 0.05) is 17.4 Å². The molecule has 0 radical (unpaired) electrons. The summed E-state index contributed by atoms with van der Waals surface area (Å²) in [5.41, 5.74) is 2.29. The summed E-state index contributed by atoms with van der Waals surface area (Å²) in [5, 5.41) is 11.7. The molecular weight excluding hydrogens is 394 g/mol. The molecule has 2 aromatic carbocycles. The molecule has 1 fully saturated rings. The minimum atomic E-state index is -1.13. The number of nitrogens with one attached hydrogen (secondary N) is 1. The van der Waals surface area contributed by atoms with Gasteiger partial charge in [-0.3, -0.25) is 9.59 Å². The Hall–Kier alpha value is -3.32. The minimum absolute atomic E-state index is 0.0261. The van der Waals surface area contributed by atoms with Crippen LogP contribution in [-0.2, 0) is 21.5 Å². The summed E-state index contributed by atoms with van der Waals surface area (Å²) in [6.07, 6.45) is -0.188. The fourth-order valence-corrected chi connectivity index (χ4v) is 4.97. The predicted molar refractivity (Wildman–Crippen MR) is 116 cm³/mol. The van der Waals surface area contributed by atoms with Crippen molar-refractivity contribution in [2.24, 2.45) is 0 Å². The van der Waals surface area contributed by atoms with E-state index in [0.29, 0.717) is 13.0 Å². The molecule has 0 unspecified atom stereocenters. The topological polar surface area (TPSA) is 85.9 Å². The first-order valence-electron chi connectivity index (χ1n) is 10.5. The largest absolute Gasteiger partial charge is 0.497 e. The molecule has 0 aliphatic carbocycles. The Morgan fingerprint density at radius 1 is 1.19 bits per heavy atom. The van der Waals surface area contributed by atoms with E-state index < -0.39 is 11.6 Å². The number of fused-ring (bicyclic) bond motifs is 5. The van der Waals surface area contributed by atoms with Crippen LogP contribution in [0.1, 0.15) is 29.8 Å². The summed E-state index contributed by atoms with van der Waals surface area (Å²) in [7, 11) is 1.63. The van der Waals surface area contributed by atoms with E-state index in [9.17, 15) is 14.7 Å². The Bertz CT molecular complexity index is 1170. The number of piperazine rings is 1. The molecule has 31 heavy (non-hydrogen) atoms. The van der Waals surface area contributed by atoms with E-state index in [1.165, 1.54) is 4.90 Å². The average molecular weight is 419 g/mol. The molecule has 3 heterocycles. The number of hydrogen-bond acceptors (Lipinski definition) is 4. The van der Waals surface area contributed by atoms with Gasteiger partial charge in [0.15, 0.2) is 5.54 Å². The molecule has 1 saturated heterocycles. The smallest absolute Gasteiger partial charge is 0.255 e. The lowest BCUT2D eigenvalue weighted by Crippen LogP contribution is -2.67. The highest BCUT2D eigenvalue weighted by Crippen LogP contribution is 2.42. The maximum Gasteiger partial charge on any atom is 0.255 e. The van der Waals surface area contributed by atoms with Gasteiger partial charge in [-0.05, 0) is 42.7 Å². The highest BCUT2D eigenvalue weighted by atomic mass is 16.5. The molecule has 7 nitrogen and oxygen atoms in total. The second kappa shape index (κ2) is 7.13. The highest BCUT2D eigenvalue weighted by Gasteiger charge is 2.54. The molecule has 1 aromatic heterocycles. The van der Waals surface area contributed by atoms with E-state index in [2.05, 4.69) is 4.98 Å². The van der Waals surface area contributed by atoms with Gasteiger partial charge >= 0.3 is 0 Å². The Morgan fingerprint density at radius 2 is 1.97 bits per heavy atom. The number of aliphatic hydroxyl groups excluding tert-OH is 1. The van der Waals surface area contributed by atoms with Crippen molar-refractivity contribution in [2.45, 2.75) is 25.0 Å². The van der Waals surface area contributed by atoms with E-state index >= 15 is 0 Å². The van der Waals surface area contributed by atoms with Crippen molar-refractivity contribution in [3.8, 4) is 5.75 Å². The fourth-order valence-electron chi connectivity index (χ4n) is 4.97. The summed E-state index contributed by atoms with van der Waals surface area (Å²) in [6.45, 7) is 2.33. The number of rotatable bonds is 4. The number of benzene rings is 2. The SMILES string of the molecule is COc1ccc2[nH]c3c(c2c1)CCN1C(=O)CN(C[C@@H](O)c2ccccc2)C(=O)[C@@]31C. The first-order valence-corrected chi connectivity index (χ1v) is 10.5. The van der Waals surface area contributed by atoms with Crippen LogP contribution in [0.4, 0.5) is 0 Å². The van der Waals surface area contributed by atoms with Gasteiger partial charge in [0.2, 0.25) is 5.91 Å². The monoisotopic (exact) mass is 419 g/mol. The lowest BCUT2D eigenvalue weighted by atomic mass is 9.83. The number of aromatic amines is 1. The molecule has 2 amide bonds. The molecular formula is C24H25N3O4. The molecule has 0 saturated carbocycles.